The zero-order chi connectivity index (χ0) is 14.3. The molecule has 1 unspecified atom stereocenters. The van der Waals surface area contributed by atoms with E-state index in [0.29, 0.717) is 5.69 Å². The molecular weight excluding hydrogens is 248 g/mol. The quantitative estimate of drug-likeness (QED) is 0.820. The number of amides is 1. The highest BCUT2D eigenvalue weighted by molar-refractivity contribution is 5.99. The number of hydrogen-bond donors (Lipinski definition) is 2. The van der Waals surface area contributed by atoms with Crippen LogP contribution < -0.4 is 11.1 Å². The van der Waals surface area contributed by atoms with E-state index in [1.165, 1.54) is 5.56 Å². The SMILES string of the molecule is Cc1ccc(N)c(C)c1NC(=O)C1Cc2ccccc21. The molecule has 0 spiro atoms. The number of aryl methyl sites for hydroxylation is 1. The molecule has 3 N–H and O–H groups in total. The molecule has 0 heterocycles. The number of rotatable bonds is 2. The smallest absolute Gasteiger partial charge is 0.232 e. The van der Waals surface area contributed by atoms with E-state index >= 15 is 0 Å². The molecule has 1 amide bonds. The number of hydrogen-bond acceptors (Lipinski definition) is 2. The summed E-state index contributed by atoms with van der Waals surface area (Å²) in [6.45, 7) is 3.92. The number of carbonyl (C=O) groups is 1. The summed E-state index contributed by atoms with van der Waals surface area (Å²) in [5.74, 6) is 0.0203. The zero-order valence-electron chi connectivity index (χ0n) is 11.7. The van der Waals surface area contributed by atoms with Crippen LogP contribution in [0.1, 0.15) is 28.2 Å². The molecule has 20 heavy (non-hydrogen) atoms. The standard InChI is InChI=1S/C17H18N2O/c1-10-7-8-15(18)11(2)16(10)19-17(20)14-9-12-5-3-4-6-13(12)14/h3-8,14H,9,18H2,1-2H3,(H,19,20). The minimum atomic E-state index is -0.0357. The summed E-state index contributed by atoms with van der Waals surface area (Å²) in [6, 6.07) is 11.9. The van der Waals surface area contributed by atoms with E-state index in [2.05, 4.69) is 11.4 Å². The van der Waals surface area contributed by atoms with Crippen molar-refractivity contribution in [1.29, 1.82) is 0 Å². The van der Waals surface area contributed by atoms with Crippen LogP contribution in [0, 0.1) is 13.8 Å². The maximum Gasteiger partial charge on any atom is 0.232 e. The maximum atomic E-state index is 12.4. The molecule has 2 aromatic carbocycles. The lowest BCUT2D eigenvalue weighted by atomic mass is 9.77. The van der Waals surface area contributed by atoms with Crippen molar-refractivity contribution in [2.75, 3.05) is 11.1 Å². The van der Waals surface area contributed by atoms with Crippen LogP contribution >= 0.6 is 0 Å². The Bertz CT molecular complexity index is 691. The number of benzene rings is 2. The Balaban J connectivity index is 1.84. The Kier molecular flexibility index (Phi) is 2.97. The molecule has 0 bridgehead atoms. The van der Waals surface area contributed by atoms with Crippen molar-refractivity contribution in [3.8, 4) is 0 Å². The first-order chi connectivity index (χ1) is 9.58. The van der Waals surface area contributed by atoms with Gasteiger partial charge in [-0.3, -0.25) is 4.79 Å². The van der Waals surface area contributed by atoms with Gasteiger partial charge in [-0.25, -0.2) is 0 Å². The zero-order valence-corrected chi connectivity index (χ0v) is 11.7. The average molecular weight is 266 g/mol. The van der Waals surface area contributed by atoms with Crippen molar-refractivity contribution in [2.45, 2.75) is 26.2 Å². The van der Waals surface area contributed by atoms with Gasteiger partial charge in [0.25, 0.3) is 0 Å². The molecule has 0 saturated carbocycles. The molecular formula is C17H18N2O. The van der Waals surface area contributed by atoms with Crippen molar-refractivity contribution >= 4 is 17.3 Å². The second kappa shape index (κ2) is 4.67. The first-order valence-corrected chi connectivity index (χ1v) is 6.82. The Morgan fingerprint density at radius 1 is 1.20 bits per heavy atom. The summed E-state index contributed by atoms with van der Waals surface area (Å²) in [5, 5.41) is 3.04. The first kappa shape index (κ1) is 12.7. The minimum Gasteiger partial charge on any atom is -0.398 e. The molecule has 0 aromatic heterocycles. The van der Waals surface area contributed by atoms with Crippen LogP contribution in [0.15, 0.2) is 36.4 Å². The molecule has 3 nitrogen and oxygen atoms in total. The molecule has 0 saturated heterocycles. The van der Waals surface area contributed by atoms with Crippen LogP contribution in [-0.4, -0.2) is 5.91 Å². The molecule has 3 heteroatoms. The van der Waals surface area contributed by atoms with Gasteiger partial charge < -0.3 is 11.1 Å². The third-order valence-electron chi connectivity index (χ3n) is 4.13. The van der Waals surface area contributed by atoms with Crippen molar-refractivity contribution in [3.05, 3.63) is 58.7 Å². The molecule has 1 atom stereocenters. The Labute approximate surface area is 118 Å². The fourth-order valence-electron chi connectivity index (χ4n) is 2.76. The van der Waals surface area contributed by atoms with E-state index in [4.69, 9.17) is 5.73 Å². The Morgan fingerprint density at radius 2 is 1.95 bits per heavy atom. The van der Waals surface area contributed by atoms with Gasteiger partial charge in [-0.1, -0.05) is 30.3 Å². The van der Waals surface area contributed by atoms with Crippen molar-refractivity contribution < 1.29 is 4.79 Å². The monoisotopic (exact) mass is 266 g/mol. The van der Waals surface area contributed by atoms with Crippen LogP contribution in [0.2, 0.25) is 0 Å². The first-order valence-electron chi connectivity index (χ1n) is 6.82. The number of carbonyl (C=O) groups excluding carboxylic acids is 1. The Morgan fingerprint density at radius 3 is 2.70 bits per heavy atom. The molecule has 1 aliphatic rings. The van der Waals surface area contributed by atoms with Crippen LogP contribution in [-0.2, 0) is 11.2 Å². The van der Waals surface area contributed by atoms with Gasteiger partial charge in [0.2, 0.25) is 5.91 Å². The van der Waals surface area contributed by atoms with Gasteiger partial charge in [-0.05, 0) is 48.6 Å². The summed E-state index contributed by atoms with van der Waals surface area (Å²) in [6.07, 6.45) is 0.822. The molecule has 3 rings (SSSR count). The van der Waals surface area contributed by atoms with Crippen LogP contribution in [0.5, 0.6) is 0 Å². The molecule has 2 aromatic rings. The summed E-state index contributed by atoms with van der Waals surface area (Å²) >= 11 is 0. The highest BCUT2D eigenvalue weighted by atomic mass is 16.1. The van der Waals surface area contributed by atoms with Gasteiger partial charge in [0.1, 0.15) is 0 Å². The summed E-state index contributed by atoms with van der Waals surface area (Å²) in [5.41, 5.74) is 11.9. The molecule has 1 aliphatic carbocycles. The lowest BCUT2D eigenvalue weighted by Gasteiger charge is -2.29. The highest BCUT2D eigenvalue weighted by Crippen LogP contribution is 2.36. The number of nitrogens with two attached hydrogens (primary N) is 1. The van der Waals surface area contributed by atoms with Gasteiger partial charge in [0.15, 0.2) is 0 Å². The van der Waals surface area contributed by atoms with Crippen molar-refractivity contribution in [2.24, 2.45) is 0 Å². The lowest BCUT2D eigenvalue weighted by molar-refractivity contribution is -0.118. The van der Waals surface area contributed by atoms with Crippen molar-refractivity contribution in [3.63, 3.8) is 0 Å². The van der Waals surface area contributed by atoms with Gasteiger partial charge in [0.05, 0.1) is 5.92 Å². The van der Waals surface area contributed by atoms with Gasteiger partial charge in [-0.15, -0.1) is 0 Å². The third kappa shape index (κ3) is 1.95. The summed E-state index contributed by atoms with van der Waals surface area (Å²) in [7, 11) is 0. The second-order valence-corrected chi connectivity index (χ2v) is 5.42. The number of nitrogen functional groups attached to an aromatic ring is 1. The molecule has 0 fully saturated rings. The predicted molar refractivity (Wildman–Crippen MR) is 81.8 cm³/mol. The minimum absolute atomic E-state index is 0.0357. The van der Waals surface area contributed by atoms with E-state index in [0.717, 1.165) is 28.8 Å². The van der Waals surface area contributed by atoms with E-state index < -0.39 is 0 Å². The Hall–Kier alpha value is -2.29. The lowest BCUT2D eigenvalue weighted by Crippen LogP contribution is -2.30. The number of anilines is 2. The topological polar surface area (TPSA) is 55.1 Å². The summed E-state index contributed by atoms with van der Waals surface area (Å²) < 4.78 is 0. The highest BCUT2D eigenvalue weighted by Gasteiger charge is 2.32. The summed E-state index contributed by atoms with van der Waals surface area (Å²) in [4.78, 5) is 12.4. The van der Waals surface area contributed by atoms with Crippen LogP contribution in [0.25, 0.3) is 0 Å². The predicted octanol–water partition coefficient (Wildman–Crippen LogP) is 3.16. The van der Waals surface area contributed by atoms with E-state index in [9.17, 15) is 4.79 Å². The van der Waals surface area contributed by atoms with E-state index in [1.807, 2.05) is 44.2 Å². The molecule has 0 aliphatic heterocycles. The fourth-order valence-corrected chi connectivity index (χ4v) is 2.76. The van der Waals surface area contributed by atoms with Crippen LogP contribution in [0.3, 0.4) is 0 Å². The number of nitrogens with one attached hydrogen (secondary N) is 1. The maximum absolute atomic E-state index is 12.4. The molecule has 0 radical (unpaired) electrons. The van der Waals surface area contributed by atoms with Gasteiger partial charge in [-0.2, -0.15) is 0 Å². The molecule has 102 valence electrons. The average Bonchev–Trinajstić information content (AvgIpc) is 2.41. The normalized spacial score (nSPS) is 16.2. The van der Waals surface area contributed by atoms with E-state index in [1.54, 1.807) is 0 Å². The fraction of sp³-hybridized carbons (Fsp3) is 0.235. The van der Waals surface area contributed by atoms with Gasteiger partial charge >= 0.3 is 0 Å². The third-order valence-corrected chi connectivity index (χ3v) is 4.13. The second-order valence-electron chi connectivity index (χ2n) is 5.42. The van der Waals surface area contributed by atoms with Crippen molar-refractivity contribution in [1.82, 2.24) is 0 Å². The van der Waals surface area contributed by atoms with Crippen LogP contribution in [0.4, 0.5) is 11.4 Å². The largest absolute Gasteiger partial charge is 0.398 e. The van der Waals surface area contributed by atoms with Gasteiger partial charge in [0, 0.05) is 11.4 Å². The van der Waals surface area contributed by atoms with E-state index in [-0.39, 0.29) is 11.8 Å². The number of fused-ring (bicyclic) bond motifs is 1.